The fourth-order valence-corrected chi connectivity index (χ4v) is 2.51. The minimum atomic E-state index is -0.0124. The molecule has 2 rings (SSSR count). The summed E-state index contributed by atoms with van der Waals surface area (Å²) in [6.07, 6.45) is 2.07. The number of hydrazine groups is 1. The zero-order valence-electron chi connectivity index (χ0n) is 11.8. The van der Waals surface area contributed by atoms with Gasteiger partial charge in [0.05, 0.1) is 12.6 Å². The van der Waals surface area contributed by atoms with Crippen LogP contribution >= 0.6 is 11.8 Å². The van der Waals surface area contributed by atoms with Crippen molar-refractivity contribution in [3.63, 3.8) is 0 Å². The normalized spacial score (nSPS) is 12.2. The Labute approximate surface area is 124 Å². The molecule has 20 heavy (non-hydrogen) atoms. The highest BCUT2D eigenvalue weighted by atomic mass is 32.2. The van der Waals surface area contributed by atoms with Crippen molar-refractivity contribution in [1.82, 2.24) is 5.43 Å². The summed E-state index contributed by atoms with van der Waals surface area (Å²) >= 11 is 1.73. The third kappa shape index (κ3) is 3.54. The molecule has 0 radical (unpaired) electrons. The monoisotopic (exact) mass is 288 g/mol. The van der Waals surface area contributed by atoms with Crippen LogP contribution in [-0.2, 0) is 0 Å². The molecule has 0 aliphatic heterocycles. The quantitative estimate of drug-likeness (QED) is 0.486. The number of nitrogens with one attached hydrogen (secondary N) is 1. The smallest absolute Gasteiger partial charge is 0.119 e. The molecular weight excluding hydrogens is 268 g/mol. The number of thioether (sulfide) groups is 1. The largest absolute Gasteiger partial charge is 0.494 e. The molecule has 106 valence electrons. The van der Waals surface area contributed by atoms with E-state index in [0.29, 0.717) is 6.61 Å². The minimum absolute atomic E-state index is 0.0124. The number of ether oxygens (including phenoxy) is 1. The molecule has 1 unspecified atom stereocenters. The molecule has 0 fully saturated rings. The highest BCUT2D eigenvalue weighted by Gasteiger charge is 2.12. The lowest BCUT2D eigenvalue weighted by Gasteiger charge is -2.17. The predicted molar refractivity (Wildman–Crippen MR) is 85.0 cm³/mol. The molecule has 0 saturated carbocycles. The molecule has 0 aliphatic rings. The molecule has 1 atom stereocenters. The Hall–Kier alpha value is -1.49. The van der Waals surface area contributed by atoms with Crippen molar-refractivity contribution >= 4 is 11.8 Å². The molecule has 0 aliphatic carbocycles. The van der Waals surface area contributed by atoms with Crippen LogP contribution in [0.3, 0.4) is 0 Å². The van der Waals surface area contributed by atoms with E-state index in [-0.39, 0.29) is 6.04 Å². The number of nitrogens with two attached hydrogens (primary N) is 1. The van der Waals surface area contributed by atoms with Gasteiger partial charge >= 0.3 is 0 Å². The molecule has 4 heteroatoms. The Morgan fingerprint density at radius 3 is 2.05 bits per heavy atom. The summed E-state index contributed by atoms with van der Waals surface area (Å²) in [5.74, 6) is 6.60. The van der Waals surface area contributed by atoms with Crippen LogP contribution in [0.15, 0.2) is 53.4 Å². The predicted octanol–water partition coefficient (Wildman–Crippen LogP) is 3.36. The second kappa shape index (κ2) is 7.33. The van der Waals surface area contributed by atoms with Gasteiger partial charge in [0.15, 0.2) is 0 Å². The fourth-order valence-electron chi connectivity index (χ4n) is 2.10. The second-order valence-corrected chi connectivity index (χ2v) is 5.25. The Kier molecular flexibility index (Phi) is 5.47. The molecule has 0 aromatic heterocycles. The van der Waals surface area contributed by atoms with Crippen LogP contribution in [0.4, 0.5) is 0 Å². The standard InChI is InChI=1S/C16H20N2OS/c1-3-19-14-8-4-12(5-9-14)16(18-17)13-6-10-15(20-2)11-7-13/h4-11,16,18H,3,17H2,1-2H3. The molecule has 2 aromatic carbocycles. The summed E-state index contributed by atoms with van der Waals surface area (Å²) in [5, 5.41) is 0. The van der Waals surface area contributed by atoms with Crippen molar-refractivity contribution in [1.29, 1.82) is 0 Å². The van der Waals surface area contributed by atoms with Crippen LogP contribution in [0.5, 0.6) is 5.75 Å². The van der Waals surface area contributed by atoms with Crippen molar-refractivity contribution < 1.29 is 4.74 Å². The van der Waals surface area contributed by atoms with Gasteiger partial charge in [-0.1, -0.05) is 24.3 Å². The summed E-state index contributed by atoms with van der Waals surface area (Å²) in [4.78, 5) is 1.25. The van der Waals surface area contributed by atoms with Crippen LogP contribution < -0.4 is 16.0 Å². The lowest BCUT2D eigenvalue weighted by Crippen LogP contribution is -2.28. The van der Waals surface area contributed by atoms with E-state index in [1.165, 1.54) is 4.90 Å². The third-order valence-corrected chi connectivity index (χ3v) is 3.88. The van der Waals surface area contributed by atoms with Crippen molar-refractivity contribution in [2.75, 3.05) is 12.9 Å². The zero-order valence-corrected chi connectivity index (χ0v) is 12.6. The van der Waals surface area contributed by atoms with Gasteiger partial charge in [-0.15, -0.1) is 11.8 Å². The van der Waals surface area contributed by atoms with Crippen LogP contribution in [0.2, 0.25) is 0 Å². The van der Waals surface area contributed by atoms with Crippen molar-refractivity contribution in [3.8, 4) is 5.75 Å². The zero-order chi connectivity index (χ0) is 14.4. The number of hydrogen-bond acceptors (Lipinski definition) is 4. The topological polar surface area (TPSA) is 47.3 Å². The Balaban J connectivity index is 2.21. The molecule has 2 aromatic rings. The van der Waals surface area contributed by atoms with Crippen molar-refractivity contribution in [2.24, 2.45) is 5.84 Å². The lowest BCUT2D eigenvalue weighted by atomic mass is 9.99. The Morgan fingerprint density at radius 2 is 1.60 bits per heavy atom. The summed E-state index contributed by atoms with van der Waals surface area (Å²) < 4.78 is 5.46. The molecule has 3 N–H and O–H groups in total. The first-order chi connectivity index (χ1) is 9.78. The Morgan fingerprint density at radius 1 is 1.05 bits per heavy atom. The van der Waals surface area contributed by atoms with Crippen molar-refractivity contribution in [3.05, 3.63) is 59.7 Å². The molecule has 0 bridgehead atoms. The van der Waals surface area contributed by atoms with Gasteiger partial charge in [0.25, 0.3) is 0 Å². The van der Waals surface area contributed by atoms with Crippen molar-refractivity contribution in [2.45, 2.75) is 17.9 Å². The van der Waals surface area contributed by atoms with Gasteiger partial charge in [-0.3, -0.25) is 5.84 Å². The summed E-state index contributed by atoms with van der Waals surface area (Å²) in [6.45, 7) is 2.65. The maximum absolute atomic E-state index is 5.72. The SMILES string of the molecule is CCOc1ccc(C(NN)c2ccc(SC)cc2)cc1. The lowest BCUT2D eigenvalue weighted by molar-refractivity contribution is 0.340. The molecule has 0 amide bonds. The minimum Gasteiger partial charge on any atom is -0.494 e. The number of rotatable bonds is 6. The maximum atomic E-state index is 5.72. The second-order valence-electron chi connectivity index (χ2n) is 4.37. The van der Waals surface area contributed by atoms with E-state index in [1.807, 2.05) is 31.2 Å². The van der Waals surface area contributed by atoms with Crippen LogP contribution in [0, 0.1) is 0 Å². The van der Waals surface area contributed by atoms with E-state index in [9.17, 15) is 0 Å². The molecule has 0 saturated heterocycles. The van der Waals surface area contributed by atoms with Gasteiger partial charge in [-0.25, -0.2) is 5.43 Å². The van der Waals surface area contributed by atoms with E-state index < -0.39 is 0 Å². The third-order valence-electron chi connectivity index (χ3n) is 3.14. The van der Waals surface area contributed by atoms with E-state index >= 15 is 0 Å². The first-order valence-electron chi connectivity index (χ1n) is 6.61. The van der Waals surface area contributed by atoms with E-state index in [4.69, 9.17) is 10.6 Å². The first-order valence-corrected chi connectivity index (χ1v) is 7.83. The molecule has 0 heterocycles. The van der Waals surface area contributed by atoms with Gasteiger partial charge in [-0.2, -0.15) is 0 Å². The van der Waals surface area contributed by atoms with Gasteiger partial charge in [0.2, 0.25) is 0 Å². The highest BCUT2D eigenvalue weighted by molar-refractivity contribution is 7.98. The average Bonchev–Trinajstić information content (AvgIpc) is 2.51. The highest BCUT2D eigenvalue weighted by Crippen LogP contribution is 2.25. The van der Waals surface area contributed by atoms with Crippen LogP contribution in [0.25, 0.3) is 0 Å². The average molecular weight is 288 g/mol. The maximum Gasteiger partial charge on any atom is 0.119 e. The van der Waals surface area contributed by atoms with E-state index in [0.717, 1.165) is 16.9 Å². The van der Waals surface area contributed by atoms with E-state index in [1.54, 1.807) is 11.8 Å². The Bertz CT molecular complexity index is 525. The first kappa shape index (κ1) is 14.9. The summed E-state index contributed by atoms with van der Waals surface area (Å²) in [7, 11) is 0. The van der Waals surface area contributed by atoms with Gasteiger partial charge in [-0.05, 0) is 48.6 Å². The van der Waals surface area contributed by atoms with Crippen LogP contribution in [0.1, 0.15) is 24.1 Å². The van der Waals surface area contributed by atoms with Gasteiger partial charge < -0.3 is 4.74 Å². The van der Waals surface area contributed by atoms with Gasteiger partial charge in [0.1, 0.15) is 5.75 Å². The molecule has 0 spiro atoms. The molecule has 3 nitrogen and oxygen atoms in total. The summed E-state index contributed by atoms with van der Waals surface area (Å²) in [5.41, 5.74) is 5.14. The van der Waals surface area contributed by atoms with E-state index in [2.05, 4.69) is 35.9 Å². The van der Waals surface area contributed by atoms with Crippen LogP contribution in [-0.4, -0.2) is 12.9 Å². The summed E-state index contributed by atoms with van der Waals surface area (Å²) in [6, 6.07) is 16.4. The number of benzene rings is 2. The number of hydrogen-bond donors (Lipinski definition) is 2. The van der Waals surface area contributed by atoms with Gasteiger partial charge in [0, 0.05) is 4.90 Å². The molecular formula is C16H20N2OS. The fraction of sp³-hybridized carbons (Fsp3) is 0.250.